The van der Waals surface area contributed by atoms with Crippen LogP contribution in [0.25, 0.3) is 0 Å². The van der Waals surface area contributed by atoms with E-state index in [2.05, 4.69) is 15.9 Å². The van der Waals surface area contributed by atoms with E-state index in [1.807, 2.05) is 0 Å². The number of carboxylic acid groups (broad SMARTS) is 1. The van der Waals surface area contributed by atoms with Crippen LogP contribution in [-0.2, 0) is 9.59 Å². The van der Waals surface area contributed by atoms with Gasteiger partial charge in [-0.1, -0.05) is 28.1 Å². The Morgan fingerprint density at radius 2 is 1.58 bits per heavy atom. The number of hydrogen-bond donors (Lipinski definition) is 1. The Kier molecular flexibility index (Phi) is 3.79. The van der Waals surface area contributed by atoms with E-state index in [4.69, 9.17) is 0 Å². The zero-order chi connectivity index (χ0) is 17.8. The minimum atomic E-state index is -1.24. The molecule has 3 amide bonds. The zero-order valence-electron chi connectivity index (χ0n) is 12.8. The summed E-state index contributed by atoms with van der Waals surface area (Å²) in [7, 11) is 0. The van der Waals surface area contributed by atoms with Gasteiger partial charge < -0.3 is 5.11 Å². The van der Waals surface area contributed by atoms with Crippen LogP contribution in [0.15, 0.2) is 35.5 Å². The number of aliphatic carboxylic acids is 1. The van der Waals surface area contributed by atoms with Gasteiger partial charge in [0.15, 0.2) is 6.04 Å². The van der Waals surface area contributed by atoms with E-state index in [1.165, 1.54) is 12.1 Å². The van der Waals surface area contributed by atoms with Crippen LogP contribution in [0.1, 0.15) is 34.6 Å². The predicted octanol–water partition coefficient (Wildman–Crippen LogP) is 1.59. The minimum Gasteiger partial charge on any atom is -0.477 e. The van der Waals surface area contributed by atoms with Crippen molar-refractivity contribution in [3.63, 3.8) is 0 Å². The number of amides is 3. The van der Waals surface area contributed by atoms with Crippen LogP contribution in [0, 0.1) is 0 Å². The molecule has 1 N–H and O–H groups in total. The van der Waals surface area contributed by atoms with Gasteiger partial charge in [0.25, 0.3) is 17.7 Å². The second kappa shape index (κ2) is 5.55. The number of hydrogen-bond acceptors (Lipinski definition) is 4. The number of allylic oxidation sites excluding steroid dienone is 1. The quantitative estimate of drug-likeness (QED) is 0.277. The number of carboxylic acids is 1. The molecule has 2 aliphatic rings. The summed E-state index contributed by atoms with van der Waals surface area (Å²) < 4.78 is 0. The monoisotopic (exact) mass is 392 g/mol. The number of halogens is 1. The van der Waals surface area contributed by atoms with Crippen LogP contribution in [0.2, 0.25) is 0 Å². The van der Waals surface area contributed by atoms with Crippen molar-refractivity contribution >= 4 is 39.6 Å². The first kappa shape index (κ1) is 16.4. The summed E-state index contributed by atoms with van der Waals surface area (Å²) in [5.74, 6) is -2.95. The molecule has 1 aromatic carbocycles. The topological polar surface area (TPSA) is 95.0 Å². The van der Waals surface area contributed by atoms with E-state index in [-0.39, 0.29) is 16.8 Å². The van der Waals surface area contributed by atoms with E-state index in [0.717, 1.165) is 9.80 Å². The number of benzene rings is 1. The summed E-state index contributed by atoms with van der Waals surface area (Å²) in [6, 6.07) is 5.27. The summed E-state index contributed by atoms with van der Waals surface area (Å²) in [5.41, 5.74) is 0.777. The van der Waals surface area contributed by atoms with Gasteiger partial charge in [0, 0.05) is 0 Å². The van der Waals surface area contributed by atoms with Gasteiger partial charge in [-0.05, 0) is 31.6 Å². The van der Waals surface area contributed by atoms with E-state index in [0.29, 0.717) is 5.57 Å². The molecule has 1 fully saturated rings. The molecular formula is C16H13BrN2O5. The van der Waals surface area contributed by atoms with Crippen molar-refractivity contribution in [3.05, 3.63) is 46.7 Å². The number of carbonyl (C=O) groups excluding carboxylic acids is 3. The number of nitrogens with zero attached hydrogens (tertiary/aromatic N) is 2. The Hall–Kier alpha value is -2.48. The summed E-state index contributed by atoms with van der Waals surface area (Å²) in [6.07, 6.45) is 0. The van der Waals surface area contributed by atoms with Crippen molar-refractivity contribution in [2.75, 3.05) is 0 Å². The molecule has 2 aliphatic heterocycles. The highest BCUT2D eigenvalue weighted by atomic mass is 79.9. The van der Waals surface area contributed by atoms with Crippen LogP contribution in [-0.4, -0.2) is 49.6 Å². The highest BCUT2D eigenvalue weighted by molar-refractivity contribution is 9.09. The molecule has 8 heteroatoms. The van der Waals surface area contributed by atoms with Gasteiger partial charge in [0.05, 0.1) is 11.1 Å². The van der Waals surface area contributed by atoms with E-state index in [9.17, 15) is 24.3 Å². The van der Waals surface area contributed by atoms with Crippen LogP contribution in [0.3, 0.4) is 0 Å². The average Bonchev–Trinajstić information content (AvgIpc) is 2.77. The Bertz CT molecular complexity index is 793. The van der Waals surface area contributed by atoms with Crippen molar-refractivity contribution < 1.29 is 24.3 Å². The largest absolute Gasteiger partial charge is 0.477 e. The molecule has 1 saturated heterocycles. The van der Waals surface area contributed by atoms with E-state index >= 15 is 0 Å². The van der Waals surface area contributed by atoms with Crippen molar-refractivity contribution in [2.24, 2.45) is 0 Å². The number of rotatable bonds is 3. The SMILES string of the molecule is CC(C)=C(C(=O)O)N1C(=O)C(N2C(=O)c3ccccc3C2=O)C1Br. The van der Waals surface area contributed by atoms with E-state index in [1.54, 1.807) is 26.0 Å². The van der Waals surface area contributed by atoms with Gasteiger partial charge in [0.1, 0.15) is 10.6 Å². The molecule has 2 heterocycles. The van der Waals surface area contributed by atoms with Crippen molar-refractivity contribution in [1.82, 2.24) is 9.80 Å². The average molecular weight is 393 g/mol. The van der Waals surface area contributed by atoms with Crippen LogP contribution in [0.5, 0.6) is 0 Å². The lowest BCUT2D eigenvalue weighted by molar-refractivity contribution is -0.151. The third kappa shape index (κ3) is 2.10. The fourth-order valence-electron chi connectivity index (χ4n) is 2.93. The van der Waals surface area contributed by atoms with Gasteiger partial charge in [-0.3, -0.25) is 24.2 Å². The van der Waals surface area contributed by atoms with Crippen molar-refractivity contribution in [3.8, 4) is 0 Å². The van der Waals surface area contributed by atoms with E-state index < -0.39 is 34.7 Å². The lowest BCUT2D eigenvalue weighted by Gasteiger charge is -2.46. The van der Waals surface area contributed by atoms with Crippen molar-refractivity contribution in [1.29, 1.82) is 0 Å². The van der Waals surface area contributed by atoms with Crippen molar-refractivity contribution in [2.45, 2.75) is 24.8 Å². The molecule has 0 aliphatic carbocycles. The molecule has 124 valence electrons. The molecule has 0 aromatic heterocycles. The first-order valence-electron chi connectivity index (χ1n) is 7.12. The number of likely N-dealkylation sites (tertiary alicyclic amines) is 1. The maximum atomic E-state index is 12.5. The van der Waals surface area contributed by atoms with Gasteiger partial charge in [0.2, 0.25) is 0 Å². The fraction of sp³-hybridized carbons (Fsp3) is 0.250. The molecule has 3 rings (SSSR count). The predicted molar refractivity (Wildman–Crippen MR) is 86.3 cm³/mol. The number of alkyl halides is 1. The van der Waals surface area contributed by atoms with Gasteiger partial charge in [-0.15, -0.1) is 0 Å². The molecule has 1 aromatic rings. The van der Waals surface area contributed by atoms with Crippen LogP contribution < -0.4 is 0 Å². The van der Waals surface area contributed by atoms with Gasteiger partial charge in [-0.25, -0.2) is 4.79 Å². The smallest absolute Gasteiger partial charge is 0.352 e. The Morgan fingerprint density at radius 1 is 1.08 bits per heavy atom. The fourth-order valence-corrected chi connectivity index (χ4v) is 3.80. The molecule has 7 nitrogen and oxygen atoms in total. The molecular weight excluding hydrogens is 380 g/mol. The second-order valence-corrected chi connectivity index (χ2v) is 6.64. The third-order valence-corrected chi connectivity index (χ3v) is 4.93. The molecule has 0 radical (unpaired) electrons. The third-order valence-electron chi connectivity index (χ3n) is 4.02. The Labute approximate surface area is 145 Å². The maximum Gasteiger partial charge on any atom is 0.352 e. The van der Waals surface area contributed by atoms with Gasteiger partial charge >= 0.3 is 5.97 Å². The highest BCUT2D eigenvalue weighted by Crippen LogP contribution is 2.38. The molecule has 0 spiro atoms. The lowest BCUT2D eigenvalue weighted by atomic mass is 10.0. The maximum absolute atomic E-state index is 12.5. The summed E-state index contributed by atoms with van der Waals surface area (Å²) in [4.78, 5) is 50.0. The zero-order valence-corrected chi connectivity index (χ0v) is 14.4. The minimum absolute atomic E-state index is 0.158. The van der Waals surface area contributed by atoms with Crippen LogP contribution in [0.4, 0.5) is 0 Å². The number of fused-ring (bicyclic) bond motifs is 1. The highest BCUT2D eigenvalue weighted by Gasteiger charge is 2.57. The summed E-state index contributed by atoms with van der Waals surface area (Å²) >= 11 is 3.24. The lowest BCUT2D eigenvalue weighted by Crippen LogP contribution is -2.69. The number of imide groups is 1. The normalized spacial score (nSPS) is 22.4. The van der Waals surface area contributed by atoms with Gasteiger partial charge in [-0.2, -0.15) is 0 Å². The molecule has 0 bridgehead atoms. The first-order chi connectivity index (χ1) is 11.3. The summed E-state index contributed by atoms with van der Waals surface area (Å²) in [5, 5.41) is 9.29. The molecule has 2 atom stereocenters. The summed E-state index contributed by atoms with van der Waals surface area (Å²) in [6.45, 7) is 3.15. The molecule has 0 saturated carbocycles. The first-order valence-corrected chi connectivity index (χ1v) is 8.03. The molecule has 2 unspecified atom stereocenters. The number of carbonyl (C=O) groups is 4. The Morgan fingerprint density at radius 3 is 1.96 bits per heavy atom. The number of β-lactam (4-membered cyclic amide) rings is 1. The Balaban J connectivity index is 1.94. The van der Waals surface area contributed by atoms with Crippen LogP contribution >= 0.6 is 15.9 Å². The second-order valence-electron chi connectivity index (χ2n) is 5.71. The molecule has 24 heavy (non-hydrogen) atoms. The standard InChI is InChI=1S/C16H13BrN2O5/c1-7(2)10(16(23)24)18-12(17)11(15(18)22)19-13(20)8-5-3-4-6-9(8)14(19)21/h3-6,11-12H,1-2H3,(H,23,24).